The summed E-state index contributed by atoms with van der Waals surface area (Å²) in [5, 5.41) is 11.8. The van der Waals surface area contributed by atoms with Gasteiger partial charge in [-0.3, -0.25) is 14.4 Å². The molecule has 1 aliphatic rings. The summed E-state index contributed by atoms with van der Waals surface area (Å²) in [6, 6.07) is 11.6. The van der Waals surface area contributed by atoms with Gasteiger partial charge >= 0.3 is 0 Å². The van der Waals surface area contributed by atoms with Crippen molar-refractivity contribution >= 4 is 23.5 Å². The zero-order valence-electron chi connectivity index (χ0n) is 20.5. The maximum absolute atomic E-state index is 12.7. The molecule has 1 aromatic carbocycles. The number of carbonyl (C=O) groups excluding carboxylic acids is 3. The first-order valence-electron chi connectivity index (χ1n) is 12.0. The van der Waals surface area contributed by atoms with Crippen molar-refractivity contribution in [3.63, 3.8) is 0 Å². The molecule has 3 heterocycles. The number of benzene rings is 1. The van der Waals surface area contributed by atoms with Gasteiger partial charge in [-0.15, -0.1) is 0 Å². The van der Waals surface area contributed by atoms with Gasteiger partial charge in [0.05, 0.1) is 12.1 Å². The van der Waals surface area contributed by atoms with E-state index in [0.29, 0.717) is 35.7 Å². The number of amides is 3. The average molecular weight is 501 g/mol. The Morgan fingerprint density at radius 1 is 1.19 bits per heavy atom. The number of nitrogens with one attached hydrogen (secondary N) is 1. The summed E-state index contributed by atoms with van der Waals surface area (Å²) in [4.78, 5) is 48.0. The molecule has 37 heavy (non-hydrogen) atoms. The van der Waals surface area contributed by atoms with E-state index in [-0.39, 0.29) is 29.6 Å². The monoisotopic (exact) mass is 500 g/mol. The van der Waals surface area contributed by atoms with Gasteiger partial charge in [-0.1, -0.05) is 19.1 Å². The molecule has 0 aliphatic carbocycles. The number of primary amides is 1. The first kappa shape index (κ1) is 25.4. The number of hydrogen-bond donors (Lipinski definition) is 3. The van der Waals surface area contributed by atoms with Crippen LogP contribution in [0.15, 0.2) is 42.6 Å². The number of aromatic nitrogens is 3. The number of nitrogen functional groups attached to an aromatic ring is 1. The van der Waals surface area contributed by atoms with Gasteiger partial charge in [0.1, 0.15) is 17.9 Å². The molecule has 1 atom stereocenters. The van der Waals surface area contributed by atoms with Crippen LogP contribution in [-0.4, -0.2) is 43.8 Å². The quantitative estimate of drug-likeness (QED) is 0.418. The summed E-state index contributed by atoms with van der Waals surface area (Å²) in [6.07, 6.45) is 4.45. The third-order valence-corrected chi connectivity index (χ3v) is 6.42. The lowest BCUT2D eigenvalue weighted by Crippen LogP contribution is -2.40. The van der Waals surface area contributed by atoms with E-state index in [4.69, 9.17) is 16.8 Å². The number of carbonyl (C=O) groups is 3. The Labute approximate surface area is 214 Å². The lowest BCUT2D eigenvalue weighted by molar-refractivity contribution is -0.134. The van der Waals surface area contributed by atoms with Crippen LogP contribution >= 0.6 is 0 Å². The number of piperidine rings is 1. The van der Waals surface area contributed by atoms with Crippen molar-refractivity contribution in [2.45, 2.75) is 45.1 Å². The second-order valence-electron chi connectivity index (χ2n) is 8.77. The maximum Gasteiger partial charge on any atom is 0.269 e. The third kappa shape index (κ3) is 5.28. The van der Waals surface area contributed by atoms with Crippen LogP contribution < -0.4 is 16.9 Å². The maximum atomic E-state index is 12.7. The first-order chi connectivity index (χ1) is 17.8. The molecule has 11 heteroatoms. The Kier molecular flexibility index (Phi) is 7.48. The van der Waals surface area contributed by atoms with E-state index in [1.54, 1.807) is 35.4 Å². The van der Waals surface area contributed by atoms with Gasteiger partial charge in [0.25, 0.3) is 11.8 Å². The summed E-state index contributed by atoms with van der Waals surface area (Å²) in [5.41, 5.74) is 7.88. The second kappa shape index (κ2) is 10.9. The van der Waals surface area contributed by atoms with Crippen LogP contribution in [-0.2, 0) is 11.2 Å². The predicted molar refractivity (Wildman–Crippen MR) is 136 cm³/mol. The zero-order chi connectivity index (χ0) is 26.5. The standard InChI is InChI=1S/C26H28N8O3/c1-2-16-11-13-30-20(15-16)31-26(37)18-8-6-17(7-9-18)22-23(24(28)36)34(29)25(32-22)19-5-3-4-14-33(19)21(35)10-12-27/h6-9,11,13,15,19H,2-5,10,14,29H2,1H3,(H2,28,36)(H,30,31,37). The molecule has 190 valence electrons. The number of nitrogens with two attached hydrogens (primary N) is 2. The van der Waals surface area contributed by atoms with E-state index in [0.717, 1.165) is 29.5 Å². The number of nitriles is 1. The Bertz CT molecular complexity index is 1370. The lowest BCUT2D eigenvalue weighted by atomic mass is 10.0. The van der Waals surface area contributed by atoms with Crippen LogP contribution in [0.2, 0.25) is 0 Å². The topological polar surface area (TPSA) is 173 Å². The minimum atomic E-state index is -0.773. The van der Waals surface area contributed by atoms with Crippen molar-refractivity contribution in [3.05, 3.63) is 65.2 Å². The summed E-state index contributed by atoms with van der Waals surface area (Å²) in [5.74, 6) is 5.63. The molecule has 2 aromatic heterocycles. The molecule has 3 aromatic rings. The Hall–Kier alpha value is -4.72. The number of anilines is 1. The lowest BCUT2D eigenvalue weighted by Gasteiger charge is -2.34. The van der Waals surface area contributed by atoms with Crippen molar-refractivity contribution in [2.75, 3.05) is 17.7 Å². The van der Waals surface area contributed by atoms with Crippen LogP contribution in [0.4, 0.5) is 5.82 Å². The highest BCUT2D eigenvalue weighted by Crippen LogP contribution is 2.34. The van der Waals surface area contributed by atoms with E-state index in [1.807, 2.05) is 25.1 Å². The summed E-state index contributed by atoms with van der Waals surface area (Å²) in [7, 11) is 0. The normalized spacial score (nSPS) is 15.1. The minimum absolute atomic E-state index is 0.00830. The molecule has 0 spiro atoms. The third-order valence-electron chi connectivity index (χ3n) is 6.42. The van der Waals surface area contributed by atoms with Gasteiger partial charge in [0.15, 0.2) is 11.5 Å². The summed E-state index contributed by atoms with van der Waals surface area (Å²) < 4.78 is 1.13. The van der Waals surface area contributed by atoms with Crippen molar-refractivity contribution < 1.29 is 14.4 Å². The van der Waals surface area contributed by atoms with Crippen LogP contribution in [0.3, 0.4) is 0 Å². The van der Waals surface area contributed by atoms with Gasteiger partial charge < -0.3 is 21.8 Å². The van der Waals surface area contributed by atoms with Crippen molar-refractivity contribution in [1.29, 1.82) is 5.26 Å². The molecule has 1 saturated heterocycles. The summed E-state index contributed by atoms with van der Waals surface area (Å²) >= 11 is 0. The van der Waals surface area contributed by atoms with E-state index < -0.39 is 11.9 Å². The Morgan fingerprint density at radius 3 is 2.62 bits per heavy atom. The smallest absolute Gasteiger partial charge is 0.269 e. The van der Waals surface area contributed by atoms with Crippen molar-refractivity contribution in [1.82, 2.24) is 19.5 Å². The zero-order valence-corrected chi connectivity index (χ0v) is 20.5. The second-order valence-corrected chi connectivity index (χ2v) is 8.77. The molecule has 0 radical (unpaired) electrons. The molecule has 5 N–H and O–H groups in total. The number of likely N-dealkylation sites (tertiary alicyclic amines) is 1. The van der Waals surface area contributed by atoms with Crippen LogP contribution in [0.5, 0.6) is 0 Å². The fourth-order valence-corrected chi connectivity index (χ4v) is 4.52. The molecule has 4 rings (SSSR count). The fourth-order valence-electron chi connectivity index (χ4n) is 4.52. The average Bonchev–Trinajstić information content (AvgIpc) is 3.26. The predicted octanol–water partition coefficient (Wildman–Crippen LogP) is 2.54. The number of imidazole rings is 1. The highest BCUT2D eigenvalue weighted by molar-refractivity contribution is 6.04. The fraction of sp³-hybridized carbons (Fsp3) is 0.308. The SMILES string of the molecule is CCc1ccnc(NC(=O)c2ccc(-c3nc(C4CCCCN4C(=O)CC#N)n(N)c3C(N)=O)cc2)c1. The molecule has 1 fully saturated rings. The number of hydrogen-bond acceptors (Lipinski definition) is 7. The Morgan fingerprint density at radius 2 is 1.95 bits per heavy atom. The van der Waals surface area contributed by atoms with E-state index in [1.165, 1.54) is 0 Å². The molecular weight excluding hydrogens is 472 g/mol. The van der Waals surface area contributed by atoms with Crippen LogP contribution in [0.1, 0.15) is 70.9 Å². The van der Waals surface area contributed by atoms with E-state index in [2.05, 4.69) is 15.3 Å². The largest absolute Gasteiger partial charge is 0.364 e. The number of rotatable bonds is 7. The first-order valence-corrected chi connectivity index (χ1v) is 12.0. The Balaban J connectivity index is 1.63. The van der Waals surface area contributed by atoms with Gasteiger partial charge in [0, 0.05) is 23.9 Å². The van der Waals surface area contributed by atoms with Gasteiger partial charge in [-0.2, -0.15) is 5.26 Å². The van der Waals surface area contributed by atoms with E-state index in [9.17, 15) is 14.4 Å². The van der Waals surface area contributed by atoms with Crippen molar-refractivity contribution in [3.8, 4) is 17.3 Å². The summed E-state index contributed by atoms with van der Waals surface area (Å²) in [6.45, 7) is 2.49. The van der Waals surface area contributed by atoms with Gasteiger partial charge in [-0.25, -0.2) is 14.6 Å². The molecular formula is C26H28N8O3. The highest BCUT2D eigenvalue weighted by atomic mass is 16.2. The molecule has 0 bridgehead atoms. The molecule has 1 aliphatic heterocycles. The number of aryl methyl sites for hydroxylation is 1. The van der Waals surface area contributed by atoms with E-state index >= 15 is 0 Å². The number of pyridine rings is 1. The van der Waals surface area contributed by atoms with Gasteiger partial charge in [-0.05, 0) is 55.5 Å². The molecule has 11 nitrogen and oxygen atoms in total. The van der Waals surface area contributed by atoms with Gasteiger partial charge in [0.2, 0.25) is 5.91 Å². The minimum Gasteiger partial charge on any atom is -0.364 e. The van der Waals surface area contributed by atoms with Crippen LogP contribution in [0, 0.1) is 11.3 Å². The molecule has 3 amide bonds. The molecule has 1 unspecified atom stereocenters. The molecule has 0 saturated carbocycles. The number of nitrogens with zero attached hydrogens (tertiary/aromatic N) is 5. The van der Waals surface area contributed by atoms with Crippen LogP contribution in [0.25, 0.3) is 11.3 Å². The van der Waals surface area contributed by atoms with Crippen molar-refractivity contribution in [2.24, 2.45) is 5.73 Å². The highest BCUT2D eigenvalue weighted by Gasteiger charge is 2.33.